The Labute approximate surface area is 164 Å². The van der Waals surface area contributed by atoms with Crippen molar-refractivity contribution in [3.8, 4) is 11.4 Å². The summed E-state index contributed by atoms with van der Waals surface area (Å²) in [7, 11) is 0. The summed E-state index contributed by atoms with van der Waals surface area (Å²) >= 11 is 0. The second-order valence-electron chi connectivity index (χ2n) is 8.29. The molecule has 8 heteroatoms. The minimum absolute atomic E-state index is 0.00313. The number of likely N-dealkylation sites (tertiary alicyclic amines) is 1. The van der Waals surface area contributed by atoms with E-state index in [-0.39, 0.29) is 11.5 Å². The number of benzene rings is 1. The summed E-state index contributed by atoms with van der Waals surface area (Å²) in [5.41, 5.74) is 2.23. The lowest BCUT2D eigenvalue weighted by molar-refractivity contribution is -0.121. The summed E-state index contributed by atoms with van der Waals surface area (Å²) in [4.78, 5) is 14.2. The Morgan fingerprint density at radius 1 is 1.39 bits per heavy atom. The Kier molecular flexibility index (Phi) is 4.40. The summed E-state index contributed by atoms with van der Waals surface area (Å²) < 4.78 is 6.48. The number of aromatic amines is 1. The van der Waals surface area contributed by atoms with Gasteiger partial charge >= 0.3 is 0 Å². The fourth-order valence-corrected chi connectivity index (χ4v) is 5.34. The van der Waals surface area contributed by atoms with Crippen molar-refractivity contribution in [1.82, 2.24) is 30.8 Å². The molecule has 3 aliphatic rings. The standard InChI is InChI=1S/C20H26N6O2/c1-2-18(27)21-9-15-16-11-26(12-20(16)8-7-17(15)28-20)10-13-3-5-14(6-4-13)19-22-24-25-23-19/h3-6,15-17H,2,7-12H2,1H3,(H,21,27)(H,22,23,24,25)/t15-,16+,17+,20+/m0/s1. The second kappa shape index (κ2) is 6.93. The monoisotopic (exact) mass is 382 g/mol. The number of rotatable bonds is 6. The van der Waals surface area contributed by atoms with E-state index in [1.54, 1.807) is 0 Å². The minimum atomic E-state index is -0.00313. The molecule has 0 radical (unpaired) electrons. The molecule has 148 valence electrons. The molecule has 0 unspecified atom stereocenters. The van der Waals surface area contributed by atoms with Gasteiger partial charge in [-0.1, -0.05) is 31.2 Å². The van der Waals surface area contributed by atoms with Crippen LogP contribution in [0.3, 0.4) is 0 Å². The van der Waals surface area contributed by atoms with Crippen molar-refractivity contribution in [2.75, 3.05) is 19.6 Å². The molecule has 3 saturated heterocycles. The van der Waals surface area contributed by atoms with Crippen LogP contribution >= 0.6 is 0 Å². The first-order valence-electron chi connectivity index (χ1n) is 10.2. The van der Waals surface area contributed by atoms with Gasteiger partial charge in [0.15, 0.2) is 0 Å². The van der Waals surface area contributed by atoms with Gasteiger partial charge in [0, 0.05) is 50.0 Å². The molecule has 2 N–H and O–H groups in total. The normalized spacial score (nSPS) is 31.2. The van der Waals surface area contributed by atoms with Gasteiger partial charge in [-0.05, 0) is 23.6 Å². The summed E-state index contributed by atoms with van der Waals surface area (Å²) in [5.74, 6) is 1.70. The Hall–Kier alpha value is -2.32. The van der Waals surface area contributed by atoms with Crippen LogP contribution < -0.4 is 5.32 Å². The number of hydrogen-bond acceptors (Lipinski definition) is 6. The molecule has 2 bridgehead atoms. The third-order valence-electron chi connectivity index (χ3n) is 6.67. The maximum absolute atomic E-state index is 11.7. The maximum atomic E-state index is 11.7. The van der Waals surface area contributed by atoms with E-state index in [2.05, 4.69) is 43.0 Å². The first-order valence-corrected chi connectivity index (χ1v) is 10.2. The van der Waals surface area contributed by atoms with Gasteiger partial charge in [-0.2, -0.15) is 5.21 Å². The lowest BCUT2D eigenvalue weighted by Crippen LogP contribution is -2.41. The number of carbonyl (C=O) groups excluding carboxylic acids is 1. The molecule has 1 amide bonds. The van der Waals surface area contributed by atoms with Crippen LogP contribution in [-0.4, -0.2) is 62.8 Å². The van der Waals surface area contributed by atoms with E-state index in [1.807, 2.05) is 19.1 Å². The van der Waals surface area contributed by atoms with E-state index in [1.165, 1.54) is 5.56 Å². The zero-order chi connectivity index (χ0) is 19.1. The number of ether oxygens (including phenoxy) is 1. The van der Waals surface area contributed by atoms with Gasteiger partial charge in [-0.15, -0.1) is 10.2 Å². The molecule has 1 aromatic carbocycles. The molecule has 1 spiro atoms. The smallest absolute Gasteiger partial charge is 0.219 e. The first-order chi connectivity index (χ1) is 13.7. The Morgan fingerprint density at radius 3 is 3.00 bits per heavy atom. The topological polar surface area (TPSA) is 96.0 Å². The van der Waals surface area contributed by atoms with Gasteiger partial charge in [0.05, 0.1) is 11.7 Å². The van der Waals surface area contributed by atoms with Crippen LogP contribution in [0.2, 0.25) is 0 Å². The highest BCUT2D eigenvalue weighted by Gasteiger charge is 2.62. The molecular weight excluding hydrogens is 356 g/mol. The van der Waals surface area contributed by atoms with Gasteiger partial charge in [0.1, 0.15) is 0 Å². The number of H-pyrrole nitrogens is 1. The minimum Gasteiger partial charge on any atom is -0.370 e. The van der Waals surface area contributed by atoms with Crippen LogP contribution in [0, 0.1) is 11.8 Å². The molecule has 0 saturated carbocycles. The van der Waals surface area contributed by atoms with E-state index in [9.17, 15) is 4.79 Å². The number of tetrazole rings is 1. The summed E-state index contributed by atoms with van der Waals surface area (Å²) in [6, 6.07) is 8.35. The first kappa shape index (κ1) is 17.8. The predicted octanol–water partition coefficient (Wildman–Crippen LogP) is 1.37. The summed E-state index contributed by atoms with van der Waals surface area (Å²) in [6.07, 6.45) is 3.13. The molecule has 4 heterocycles. The van der Waals surface area contributed by atoms with E-state index in [0.29, 0.717) is 30.2 Å². The Morgan fingerprint density at radius 2 is 2.25 bits per heavy atom. The van der Waals surface area contributed by atoms with Crippen LogP contribution in [0.15, 0.2) is 24.3 Å². The van der Waals surface area contributed by atoms with Crippen molar-refractivity contribution in [3.63, 3.8) is 0 Å². The molecule has 0 aliphatic carbocycles. The zero-order valence-electron chi connectivity index (χ0n) is 16.1. The van der Waals surface area contributed by atoms with Crippen molar-refractivity contribution in [3.05, 3.63) is 29.8 Å². The number of fused-ring (bicyclic) bond motifs is 1. The number of hydrogen-bond donors (Lipinski definition) is 2. The number of nitrogens with zero attached hydrogens (tertiary/aromatic N) is 4. The second-order valence-corrected chi connectivity index (χ2v) is 8.29. The molecule has 1 aromatic heterocycles. The molecule has 3 aliphatic heterocycles. The number of aromatic nitrogens is 4. The van der Waals surface area contributed by atoms with Crippen LogP contribution in [0.5, 0.6) is 0 Å². The highest BCUT2D eigenvalue weighted by molar-refractivity contribution is 5.75. The van der Waals surface area contributed by atoms with E-state index in [0.717, 1.165) is 44.6 Å². The van der Waals surface area contributed by atoms with Crippen LogP contribution in [0.25, 0.3) is 11.4 Å². The van der Waals surface area contributed by atoms with Crippen molar-refractivity contribution >= 4 is 5.91 Å². The lowest BCUT2D eigenvalue weighted by Gasteiger charge is -2.29. The molecule has 8 nitrogen and oxygen atoms in total. The van der Waals surface area contributed by atoms with Crippen molar-refractivity contribution in [2.24, 2.45) is 11.8 Å². The van der Waals surface area contributed by atoms with Gasteiger partial charge in [-0.25, -0.2) is 0 Å². The zero-order valence-corrected chi connectivity index (χ0v) is 16.1. The van der Waals surface area contributed by atoms with Crippen LogP contribution in [0.4, 0.5) is 0 Å². The molecule has 28 heavy (non-hydrogen) atoms. The number of nitrogens with one attached hydrogen (secondary N) is 2. The molecular formula is C20H26N6O2. The Bertz CT molecular complexity index is 839. The van der Waals surface area contributed by atoms with Crippen molar-refractivity contribution in [1.29, 1.82) is 0 Å². The third-order valence-corrected chi connectivity index (χ3v) is 6.67. The fraction of sp³-hybridized carbons (Fsp3) is 0.600. The van der Waals surface area contributed by atoms with Crippen LogP contribution in [-0.2, 0) is 16.1 Å². The van der Waals surface area contributed by atoms with E-state index < -0.39 is 0 Å². The Balaban J connectivity index is 1.24. The maximum Gasteiger partial charge on any atom is 0.219 e. The van der Waals surface area contributed by atoms with Crippen LogP contribution in [0.1, 0.15) is 31.7 Å². The summed E-state index contributed by atoms with van der Waals surface area (Å²) in [6.45, 7) is 5.58. The molecule has 2 aromatic rings. The number of amides is 1. The predicted molar refractivity (Wildman–Crippen MR) is 102 cm³/mol. The average Bonchev–Trinajstić information content (AvgIpc) is 3.47. The van der Waals surface area contributed by atoms with Gasteiger partial charge in [-0.3, -0.25) is 9.69 Å². The molecule has 5 rings (SSSR count). The highest BCUT2D eigenvalue weighted by atomic mass is 16.5. The van der Waals surface area contributed by atoms with Gasteiger partial charge in [0.2, 0.25) is 11.7 Å². The SMILES string of the molecule is CCC(=O)NC[C@H]1[C@H]2CN(Cc3ccc(-c4nn[nH]n4)cc3)C[C@]23CC[C@H]1O3. The van der Waals surface area contributed by atoms with Crippen molar-refractivity contribution < 1.29 is 9.53 Å². The molecule has 4 atom stereocenters. The lowest BCUT2D eigenvalue weighted by atomic mass is 9.73. The summed E-state index contributed by atoms with van der Waals surface area (Å²) in [5, 5.41) is 17.2. The largest absolute Gasteiger partial charge is 0.370 e. The third kappa shape index (κ3) is 3.00. The number of carbonyl (C=O) groups is 1. The van der Waals surface area contributed by atoms with Crippen molar-refractivity contribution in [2.45, 2.75) is 44.4 Å². The fourth-order valence-electron chi connectivity index (χ4n) is 5.34. The van der Waals surface area contributed by atoms with Gasteiger partial charge < -0.3 is 10.1 Å². The van der Waals surface area contributed by atoms with E-state index in [4.69, 9.17) is 4.74 Å². The highest BCUT2D eigenvalue weighted by Crippen LogP contribution is 2.54. The molecule has 3 fully saturated rings. The van der Waals surface area contributed by atoms with E-state index >= 15 is 0 Å². The average molecular weight is 382 g/mol. The van der Waals surface area contributed by atoms with Gasteiger partial charge in [0.25, 0.3) is 0 Å². The quantitative estimate of drug-likeness (QED) is 0.783.